The van der Waals surface area contributed by atoms with Crippen LogP contribution in [0.4, 0.5) is 0 Å². The largest absolute Gasteiger partial charge is 0.373 e. The van der Waals surface area contributed by atoms with Crippen LogP contribution in [0.15, 0.2) is 24.4 Å². The monoisotopic (exact) mass is 314 g/mol. The summed E-state index contributed by atoms with van der Waals surface area (Å²) in [4.78, 5) is 16.6. The second-order valence-electron chi connectivity index (χ2n) is 6.33. The molecular weight excluding hydrogens is 292 g/mol. The van der Waals surface area contributed by atoms with Gasteiger partial charge in [0.2, 0.25) is 0 Å². The third kappa shape index (κ3) is 3.42. The molecule has 1 aliphatic rings. The fraction of sp³-hybridized carbons (Fsp3) is 0.471. The van der Waals surface area contributed by atoms with E-state index >= 15 is 0 Å². The first-order valence-corrected chi connectivity index (χ1v) is 7.89. The Morgan fingerprint density at radius 1 is 1.43 bits per heavy atom. The summed E-state index contributed by atoms with van der Waals surface area (Å²) in [5, 5.41) is 7.32. The van der Waals surface area contributed by atoms with Crippen LogP contribution in [0.2, 0.25) is 0 Å². The molecule has 122 valence electrons. The Balaban J connectivity index is 1.67. The zero-order chi connectivity index (χ0) is 16.4. The molecule has 0 aromatic carbocycles. The summed E-state index contributed by atoms with van der Waals surface area (Å²) in [7, 11) is 0. The smallest absolute Gasteiger partial charge is 0.252 e. The van der Waals surface area contributed by atoms with Crippen molar-refractivity contribution < 1.29 is 9.53 Å². The van der Waals surface area contributed by atoms with Gasteiger partial charge in [-0.25, -0.2) is 9.67 Å². The van der Waals surface area contributed by atoms with Gasteiger partial charge in [-0.3, -0.25) is 4.79 Å². The molecule has 2 aromatic heterocycles. The number of nitrogens with one attached hydrogen (secondary N) is 1. The number of aryl methyl sites for hydroxylation is 2. The number of hydrogen-bond acceptors (Lipinski definition) is 4. The lowest BCUT2D eigenvalue weighted by Gasteiger charge is -2.23. The van der Waals surface area contributed by atoms with Gasteiger partial charge in [0.25, 0.3) is 5.91 Å². The zero-order valence-electron chi connectivity index (χ0n) is 13.8. The molecule has 2 aromatic rings. The van der Waals surface area contributed by atoms with Crippen molar-refractivity contribution in [1.82, 2.24) is 20.1 Å². The summed E-state index contributed by atoms with van der Waals surface area (Å²) in [6, 6.07) is 5.57. The second kappa shape index (κ2) is 6.12. The maximum atomic E-state index is 12.2. The lowest BCUT2D eigenvalue weighted by Crippen LogP contribution is -2.40. The van der Waals surface area contributed by atoms with Crippen molar-refractivity contribution in [3.8, 4) is 5.82 Å². The highest BCUT2D eigenvalue weighted by Gasteiger charge is 2.30. The Kier molecular flexibility index (Phi) is 4.17. The number of carbonyl (C=O) groups excluding carboxylic acids is 1. The number of aromatic nitrogens is 3. The van der Waals surface area contributed by atoms with E-state index in [1.165, 1.54) is 0 Å². The van der Waals surface area contributed by atoms with Crippen molar-refractivity contribution in [2.24, 2.45) is 0 Å². The minimum absolute atomic E-state index is 0.130. The molecule has 1 fully saturated rings. The number of rotatable bonds is 4. The van der Waals surface area contributed by atoms with Gasteiger partial charge in [-0.1, -0.05) is 0 Å². The lowest BCUT2D eigenvalue weighted by molar-refractivity contribution is 0.0206. The molecule has 3 heterocycles. The average Bonchev–Trinajstić information content (AvgIpc) is 3.11. The van der Waals surface area contributed by atoms with E-state index in [9.17, 15) is 4.79 Å². The molecule has 0 spiro atoms. The minimum Gasteiger partial charge on any atom is -0.373 e. The topological polar surface area (TPSA) is 69.0 Å². The molecule has 23 heavy (non-hydrogen) atoms. The molecule has 1 saturated heterocycles. The van der Waals surface area contributed by atoms with Crippen LogP contribution in [0.5, 0.6) is 0 Å². The average molecular weight is 314 g/mol. The summed E-state index contributed by atoms with van der Waals surface area (Å²) < 4.78 is 7.45. The SMILES string of the molecule is Cc1cc(C)n(-c2ccc(C(=O)NC[C@]3(C)CCCO3)cn2)n1. The van der Waals surface area contributed by atoms with Crippen molar-refractivity contribution in [3.63, 3.8) is 0 Å². The van der Waals surface area contributed by atoms with Gasteiger partial charge in [0.15, 0.2) is 5.82 Å². The van der Waals surface area contributed by atoms with E-state index in [0.29, 0.717) is 17.9 Å². The maximum Gasteiger partial charge on any atom is 0.252 e. The third-order valence-corrected chi connectivity index (χ3v) is 4.16. The number of hydrogen-bond donors (Lipinski definition) is 1. The molecule has 6 nitrogen and oxygen atoms in total. The predicted octanol–water partition coefficient (Wildman–Crippen LogP) is 2.18. The van der Waals surface area contributed by atoms with Crippen molar-refractivity contribution >= 4 is 5.91 Å². The third-order valence-electron chi connectivity index (χ3n) is 4.16. The normalized spacial score (nSPS) is 20.7. The molecule has 6 heteroatoms. The number of amides is 1. The van der Waals surface area contributed by atoms with Crippen LogP contribution in [-0.2, 0) is 4.74 Å². The van der Waals surface area contributed by atoms with E-state index in [1.54, 1.807) is 16.9 Å². The number of carbonyl (C=O) groups is 1. The first kappa shape index (κ1) is 15.7. The molecule has 0 unspecified atom stereocenters. The van der Waals surface area contributed by atoms with Gasteiger partial charge < -0.3 is 10.1 Å². The minimum atomic E-state index is -0.243. The van der Waals surface area contributed by atoms with Crippen molar-refractivity contribution in [2.75, 3.05) is 13.2 Å². The van der Waals surface area contributed by atoms with Crippen LogP contribution in [-0.4, -0.2) is 39.4 Å². The molecule has 1 atom stereocenters. The standard InChI is InChI=1S/C17H22N4O2/c1-12-9-13(2)21(20-12)15-6-5-14(10-18-15)16(22)19-11-17(3)7-4-8-23-17/h5-6,9-10H,4,7-8,11H2,1-3H3,(H,19,22)/t17-/m0/s1. The van der Waals surface area contributed by atoms with Gasteiger partial charge in [-0.2, -0.15) is 5.10 Å². The Labute approximate surface area is 135 Å². The predicted molar refractivity (Wildman–Crippen MR) is 86.8 cm³/mol. The summed E-state index contributed by atoms with van der Waals surface area (Å²) in [6.45, 7) is 7.24. The molecule has 1 N–H and O–H groups in total. The summed E-state index contributed by atoms with van der Waals surface area (Å²) in [6.07, 6.45) is 3.60. The summed E-state index contributed by atoms with van der Waals surface area (Å²) >= 11 is 0. The van der Waals surface area contributed by atoms with Crippen molar-refractivity contribution in [1.29, 1.82) is 0 Å². The van der Waals surface area contributed by atoms with E-state index < -0.39 is 0 Å². The van der Waals surface area contributed by atoms with Gasteiger partial charge in [0.05, 0.1) is 16.9 Å². The van der Waals surface area contributed by atoms with Gasteiger partial charge >= 0.3 is 0 Å². The van der Waals surface area contributed by atoms with Gasteiger partial charge in [0.1, 0.15) is 0 Å². The molecular formula is C17H22N4O2. The Morgan fingerprint density at radius 3 is 2.83 bits per heavy atom. The van der Waals surface area contributed by atoms with Crippen LogP contribution in [0.1, 0.15) is 41.5 Å². The lowest BCUT2D eigenvalue weighted by atomic mass is 10.0. The van der Waals surface area contributed by atoms with Crippen LogP contribution in [0.3, 0.4) is 0 Å². The van der Waals surface area contributed by atoms with E-state index in [0.717, 1.165) is 30.8 Å². The first-order valence-electron chi connectivity index (χ1n) is 7.89. The van der Waals surface area contributed by atoms with Gasteiger partial charge in [-0.15, -0.1) is 0 Å². The number of nitrogens with zero attached hydrogens (tertiary/aromatic N) is 3. The van der Waals surface area contributed by atoms with Crippen LogP contribution < -0.4 is 5.32 Å². The Hall–Kier alpha value is -2.21. The molecule has 0 aliphatic carbocycles. The van der Waals surface area contributed by atoms with Crippen LogP contribution in [0.25, 0.3) is 5.82 Å². The number of ether oxygens (including phenoxy) is 1. The van der Waals surface area contributed by atoms with Crippen molar-refractivity contribution in [3.05, 3.63) is 41.3 Å². The van der Waals surface area contributed by atoms with Crippen LogP contribution in [0, 0.1) is 13.8 Å². The van der Waals surface area contributed by atoms with Gasteiger partial charge in [0, 0.05) is 25.0 Å². The fourth-order valence-electron chi connectivity index (χ4n) is 2.85. The maximum absolute atomic E-state index is 12.2. The Bertz CT molecular complexity index is 700. The quantitative estimate of drug-likeness (QED) is 0.939. The number of pyridine rings is 1. The highest BCUT2D eigenvalue weighted by atomic mass is 16.5. The molecule has 3 rings (SSSR count). The highest BCUT2D eigenvalue weighted by molar-refractivity contribution is 5.93. The van der Waals surface area contributed by atoms with E-state index in [4.69, 9.17) is 4.74 Å². The highest BCUT2D eigenvalue weighted by Crippen LogP contribution is 2.24. The first-order chi connectivity index (χ1) is 11.0. The Morgan fingerprint density at radius 2 is 2.26 bits per heavy atom. The van der Waals surface area contributed by atoms with Crippen molar-refractivity contribution in [2.45, 2.75) is 39.2 Å². The van der Waals surface area contributed by atoms with E-state index in [-0.39, 0.29) is 11.5 Å². The summed E-state index contributed by atoms with van der Waals surface area (Å²) in [5.41, 5.74) is 2.25. The van der Waals surface area contributed by atoms with E-state index in [1.807, 2.05) is 32.9 Å². The molecule has 0 saturated carbocycles. The van der Waals surface area contributed by atoms with Crippen LogP contribution >= 0.6 is 0 Å². The molecule has 1 aliphatic heterocycles. The summed E-state index contributed by atoms with van der Waals surface area (Å²) in [5.74, 6) is 0.576. The molecule has 0 bridgehead atoms. The van der Waals surface area contributed by atoms with E-state index in [2.05, 4.69) is 15.4 Å². The van der Waals surface area contributed by atoms with Gasteiger partial charge in [-0.05, 0) is 51.8 Å². The second-order valence-corrected chi connectivity index (χ2v) is 6.33. The molecule has 1 amide bonds. The zero-order valence-corrected chi connectivity index (χ0v) is 13.8. The molecule has 0 radical (unpaired) electrons. The fourth-order valence-corrected chi connectivity index (χ4v) is 2.85.